The van der Waals surface area contributed by atoms with E-state index in [1.54, 1.807) is 6.92 Å². The molecule has 2 fully saturated rings. The fourth-order valence-electron chi connectivity index (χ4n) is 2.07. The largest absolute Gasteiger partial charge is 0.338 e. The van der Waals surface area contributed by atoms with Gasteiger partial charge in [-0.1, -0.05) is 6.92 Å². The second-order valence-corrected chi connectivity index (χ2v) is 5.06. The summed E-state index contributed by atoms with van der Waals surface area (Å²) in [4.78, 5) is 13.4. The first-order valence-electron chi connectivity index (χ1n) is 5.31. The molecule has 1 aliphatic carbocycles. The molecule has 0 aromatic rings. The maximum absolute atomic E-state index is 13.9. The first kappa shape index (κ1) is 10.4. The van der Waals surface area contributed by atoms with Gasteiger partial charge in [-0.25, -0.2) is 4.39 Å². The summed E-state index contributed by atoms with van der Waals surface area (Å²) >= 11 is 0. The molecule has 1 heterocycles. The molecule has 3 nitrogen and oxygen atoms in total. The van der Waals surface area contributed by atoms with Crippen molar-refractivity contribution in [2.24, 2.45) is 11.3 Å². The Labute approximate surface area is 88.9 Å². The molecule has 0 aromatic heterocycles. The van der Waals surface area contributed by atoms with Crippen LogP contribution in [0.2, 0.25) is 0 Å². The van der Waals surface area contributed by atoms with Gasteiger partial charge in [-0.05, 0) is 19.8 Å². The highest BCUT2D eigenvalue weighted by atomic mass is 19.1. The zero-order chi connectivity index (χ0) is 11.3. The van der Waals surface area contributed by atoms with Crippen LogP contribution in [0.5, 0.6) is 0 Å². The minimum absolute atomic E-state index is 0.135. The minimum Gasteiger partial charge on any atom is -0.338 e. The number of likely N-dealkylation sites (tertiary alicyclic amines) is 1. The Morgan fingerprint density at radius 1 is 1.60 bits per heavy atom. The van der Waals surface area contributed by atoms with Crippen molar-refractivity contribution in [2.75, 3.05) is 13.1 Å². The molecule has 2 unspecified atom stereocenters. The van der Waals surface area contributed by atoms with Crippen LogP contribution >= 0.6 is 0 Å². The quantitative estimate of drug-likeness (QED) is 0.658. The van der Waals surface area contributed by atoms with E-state index in [-0.39, 0.29) is 18.4 Å². The second-order valence-electron chi connectivity index (χ2n) is 5.06. The molecular formula is C11H15FN2O. The van der Waals surface area contributed by atoms with Crippen molar-refractivity contribution in [3.63, 3.8) is 0 Å². The number of rotatable bonds is 1. The molecule has 1 aliphatic heterocycles. The molecule has 1 amide bonds. The second kappa shape index (κ2) is 2.94. The number of amides is 1. The molecule has 1 saturated heterocycles. The smallest absolute Gasteiger partial charge is 0.243 e. The number of carbonyl (C=O) groups excluding carboxylic acids is 1. The Hall–Kier alpha value is -1.11. The first-order valence-corrected chi connectivity index (χ1v) is 5.31. The predicted molar refractivity (Wildman–Crippen MR) is 52.5 cm³/mol. The summed E-state index contributed by atoms with van der Waals surface area (Å²) in [7, 11) is 0. The lowest BCUT2D eigenvalue weighted by atomic mass is 9.97. The molecular weight excluding hydrogens is 195 g/mol. The average molecular weight is 210 g/mol. The number of hydrogen-bond donors (Lipinski definition) is 0. The zero-order valence-electron chi connectivity index (χ0n) is 9.09. The Kier molecular flexibility index (Phi) is 2.04. The Morgan fingerprint density at radius 3 is 2.53 bits per heavy atom. The Morgan fingerprint density at radius 2 is 2.20 bits per heavy atom. The summed E-state index contributed by atoms with van der Waals surface area (Å²) in [5.41, 5.74) is -2.11. The van der Waals surface area contributed by atoms with Crippen LogP contribution in [0.15, 0.2) is 0 Å². The van der Waals surface area contributed by atoms with E-state index in [1.807, 2.05) is 0 Å². The molecule has 0 radical (unpaired) electrons. The van der Waals surface area contributed by atoms with Gasteiger partial charge in [-0.2, -0.15) is 5.26 Å². The molecule has 2 rings (SSSR count). The third kappa shape index (κ3) is 1.50. The van der Waals surface area contributed by atoms with Crippen LogP contribution in [0.3, 0.4) is 0 Å². The number of halogens is 1. The van der Waals surface area contributed by atoms with E-state index in [0.29, 0.717) is 19.4 Å². The van der Waals surface area contributed by atoms with Crippen molar-refractivity contribution in [3.8, 4) is 6.07 Å². The van der Waals surface area contributed by atoms with Crippen molar-refractivity contribution in [2.45, 2.75) is 32.4 Å². The normalized spacial score (nSPS) is 37.5. The Balaban J connectivity index is 2.10. The van der Waals surface area contributed by atoms with Gasteiger partial charge in [-0.3, -0.25) is 4.79 Å². The van der Waals surface area contributed by atoms with Crippen molar-refractivity contribution in [1.29, 1.82) is 5.26 Å². The maximum Gasteiger partial charge on any atom is 0.243 e. The molecule has 1 saturated carbocycles. The van der Waals surface area contributed by atoms with E-state index in [0.717, 1.165) is 0 Å². The van der Waals surface area contributed by atoms with Crippen LogP contribution < -0.4 is 0 Å². The summed E-state index contributed by atoms with van der Waals surface area (Å²) in [5.74, 6) is -0.311. The van der Waals surface area contributed by atoms with Gasteiger partial charge in [0.2, 0.25) is 5.91 Å². The third-order valence-corrected chi connectivity index (χ3v) is 3.68. The highest BCUT2D eigenvalue weighted by Crippen LogP contribution is 2.47. The lowest BCUT2D eigenvalue weighted by Gasteiger charge is -2.19. The average Bonchev–Trinajstić information content (AvgIpc) is 2.91. The predicted octanol–water partition coefficient (Wildman–Crippen LogP) is 1.50. The highest BCUT2D eigenvalue weighted by molar-refractivity contribution is 5.88. The van der Waals surface area contributed by atoms with Crippen molar-refractivity contribution < 1.29 is 9.18 Å². The molecule has 82 valence electrons. The fourth-order valence-corrected chi connectivity index (χ4v) is 2.07. The topological polar surface area (TPSA) is 44.1 Å². The lowest BCUT2D eigenvalue weighted by molar-refractivity contribution is -0.134. The molecule has 0 spiro atoms. The molecule has 2 aliphatic rings. The van der Waals surface area contributed by atoms with Crippen LogP contribution in [0.25, 0.3) is 0 Å². The van der Waals surface area contributed by atoms with Crippen molar-refractivity contribution in [1.82, 2.24) is 4.90 Å². The van der Waals surface area contributed by atoms with Crippen LogP contribution in [0, 0.1) is 22.7 Å². The summed E-state index contributed by atoms with van der Waals surface area (Å²) in [6.45, 7) is 3.90. The van der Waals surface area contributed by atoms with Gasteiger partial charge in [-0.15, -0.1) is 0 Å². The molecule has 0 N–H and O–H groups in total. The standard InChI is InChI=1S/C11H15FN2O/c1-8-5-14(7-10(8,2)12)9(15)11(6-13)3-4-11/h8H,3-5,7H2,1-2H3. The van der Waals surface area contributed by atoms with Gasteiger partial charge in [0.1, 0.15) is 11.1 Å². The van der Waals surface area contributed by atoms with Crippen LogP contribution in [0.4, 0.5) is 4.39 Å². The summed E-state index contributed by atoms with van der Waals surface area (Å²) in [5, 5.41) is 8.89. The minimum atomic E-state index is -1.30. The van der Waals surface area contributed by atoms with Crippen LogP contribution in [0.1, 0.15) is 26.7 Å². The number of hydrogen-bond acceptors (Lipinski definition) is 2. The summed E-state index contributed by atoms with van der Waals surface area (Å²) < 4.78 is 13.9. The van der Waals surface area contributed by atoms with Crippen molar-refractivity contribution in [3.05, 3.63) is 0 Å². The van der Waals surface area contributed by atoms with E-state index in [1.165, 1.54) is 11.8 Å². The summed E-state index contributed by atoms with van der Waals surface area (Å²) in [6, 6.07) is 2.06. The molecule has 0 aromatic carbocycles. The maximum atomic E-state index is 13.9. The van der Waals surface area contributed by atoms with Gasteiger partial charge < -0.3 is 4.90 Å². The number of alkyl halides is 1. The summed E-state index contributed by atoms with van der Waals surface area (Å²) in [6.07, 6.45) is 1.27. The fraction of sp³-hybridized carbons (Fsp3) is 0.818. The van der Waals surface area contributed by atoms with E-state index >= 15 is 0 Å². The lowest BCUT2D eigenvalue weighted by Crippen LogP contribution is -2.36. The first-order chi connectivity index (χ1) is 6.91. The van der Waals surface area contributed by atoms with Crippen LogP contribution in [-0.2, 0) is 4.79 Å². The van der Waals surface area contributed by atoms with E-state index in [9.17, 15) is 9.18 Å². The Bertz CT molecular complexity index is 341. The van der Waals surface area contributed by atoms with E-state index < -0.39 is 11.1 Å². The van der Waals surface area contributed by atoms with E-state index in [2.05, 4.69) is 6.07 Å². The van der Waals surface area contributed by atoms with Crippen LogP contribution in [-0.4, -0.2) is 29.6 Å². The zero-order valence-corrected chi connectivity index (χ0v) is 9.09. The molecule has 0 bridgehead atoms. The van der Waals surface area contributed by atoms with Gasteiger partial charge in [0.05, 0.1) is 12.6 Å². The molecule has 2 atom stereocenters. The monoisotopic (exact) mass is 210 g/mol. The van der Waals surface area contributed by atoms with Crippen molar-refractivity contribution >= 4 is 5.91 Å². The van der Waals surface area contributed by atoms with Gasteiger partial charge in [0.15, 0.2) is 0 Å². The van der Waals surface area contributed by atoms with Gasteiger partial charge >= 0.3 is 0 Å². The van der Waals surface area contributed by atoms with Gasteiger partial charge in [0, 0.05) is 12.5 Å². The SMILES string of the molecule is CC1CN(C(=O)C2(C#N)CC2)CC1(C)F. The molecule has 4 heteroatoms. The molecule has 15 heavy (non-hydrogen) atoms. The van der Waals surface area contributed by atoms with Gasteiger partial charge in [0.25, 0.3) is 0 Å². The number of carbonyl (C=O) groups is 1. The van der Waals surface area contributed by atoms with E-state index in [4.69, 9.17) is 5.26 Å². The number of nitriles is 1. The highest BCUT2D eigenvalue weighted by Gasteiger charge is 2.55. The third-order valence-electron chi connectivity index (χ3n) is 3.68. The number of nitrogens with zero attached hydrogens (tertiary/aromatic N) is 2.